The van der Waals surface area contributed by atoms with Crippen molar-refractivity contribution in [1.82, 2.24) is 19.9 Å². The highest BCUT2D eigenvalue weighted by molar-refractivity contribution is 7.03. The molecule has 0 saturated carbocycles. The van der Waals surface area contributed by atoms with Crippen LogP contribution in [0.2, 0.25) is 0 Å². The molecule has 3 rings (SSSR count). The number of hydrogen-bond donors (Lipinski definition) is 1. The van der Waals surface area contributed by atoms with Crippen LogP contribution in [0.5, 0.6) is 0 Å². The van der Waals surface area contributed by atoms with Gasteiger partial charge in [0, 0.05) is 34.6 Å². The monoisotopic (exact) mass is 427 g/mol. The minimum absolute atomic E-state index is 0.0979. The Morgan fingerprint density at radius 2 is 1.97 bits per heavy atom. The molecule has 1 aromatic carbocycles. The van der Waals surface area contributed by atoms with Crippen molar-refractivity contribution in [3.63, 3.8) is 0 Å². The summed E-state index contributed by atoms with van der Waals surface area (Å²) in [6, 6.07) is 7.76. The van der Waals surface area contributed by atoms with E-state index in [1.165, 1.54) is 40.7 Å². The molecule has 0 saturated heterocycles. The molecule has 30 heavy (non-hydrogen) atoms. The van der Waals surface area contributed by atoms with E-state index in [2.05, 4.69) is 19.9 Å². The van der Waals surface area contributed by atoms with Crippen LogP contribution >= 0.6 is 11.5 Å². The Kier molecular flexibility index (Phi) is 6.51. The predicted octanol–water partition coefficient (Wildman–Crippen LogP) is 3.77. The molecule has 7 nitrogen and oxygen atoms in total. The van der Waals surface area contributed by atoms with Crippen LogP contribution in [0.15, 0.2) is 54.2 Å². The van der Waals surface area contributed by atoms with E-state index < -0.39 is 23.3 Å². The minimum Gasteiger partial charge on any atom is -0.349 e. The van der Waals surface area contributed by atoms with Crippen molar-refractivity contribution in [1.29, 1.82) is 0 Å². The summed E-state index contributed by atoms with van der Waals surface area (Å²) in [5, 5.41) is 8.37. The second-order valence-corrected chi connectivity index (χ2v) is 7.97. The summed E-state index contributed by atoms with van der Waals surface area (Å²) in [6.07, 6.45) is 3.81. The van der Waals surface area contributed by atoms with Crippen LogP contribution in [0.25, 0.3) is 0 Å². The van der Waals surface area contributed by atoms with E-state index in [0.717, 1.165) is 11.5 Å². The first-order valence-electron chi connectivity index (χ1n) is 9.40. The molecule has 2 aromatic heterocycles. The molecule has 2 amide bonds. The Hall–Kier alpha value is -3.20. The number of hydrogen-bond acceptors (Lipinski definition) is 6. The second kappa shape index (κ2) is 9.08. The van der Waals surface area contributed by atoms with Gasteiger partial charge in [0.2, 0.25) is 5.91 Å². The first kappa shape index (κ1) is 21.5. The van der Waals surface area contributed by atoms with Crippen molar-refractivity contribution >= 4 is 29.0 Å². The molecule has 156 valence electrons. The highest BCUT2D eigenvalue weighted by Gasteiger charge is 2.36. The van der Waals surface area contributed by atoms with E-state index in [0.29, 0.717) is 17.7 Å². The number of carbonyl (C=O) groups excluding carboxylic acids is 2. The SMILES string of the molecule is CCC(C)(C)NC(=O)[C@@H](c1cccnc1)N(C(=O)c1csnn1)c1ccc(F)cc1. The fraction of sp³-hybridized carbons (Fsp3) is 0.286. The number of halogens is 1. The van der Waals surface area contributed by atoms with Gasteiger partial charge in [-0.1, -0.05) is 17.5 Å². The molecule has 1 atom stereocenters. The third-order valence-electron chi connectivity index (χ3n) is 4.75. The van der Waals surface area contributed by atoms with Crippen molar-refractivity contribution in [2.45, 2.75) is 38.8 Å². The van der Waals surface area contributed by atoms with Gasteiger partial charge in [-0.05, 0) is 62.1 Å². The quantitative estimate of drug-likeness (QED) is 0.620. The van der Waals surface area contributed by atoms with Crippen LogP contribution in [0.1, 0.15) is 49.3 Å². The van der Waals surface area contributed by atoms with E-state index >= 15 is 0 Å². The molecule has 0 spiro atoms. The van der Waals surface area contributed by atoms with Gasteiger partial charge >= 0.3 is 0 Å². The lowest BCUT2D eigenvalue weighted by Gasteiger charge is -2.34. The maximum Gasteiger partial charge on any atom is 0.280 e. The zero-order valence-electron chi connectivity index (χ0n) is 16.9. The van der Waals surface area contributed by atoms with E-state index in [9.17, 15) is 14.0 Å². The number of nitrogens with zero attached hydrogens (tertiary/aromatic N) is 4. The lowest BCUT2D eigenvalue weighted by Crippen LogP contribution is -2.50. The molecule has 1 N–H and O–H groups in total. The molecule has 0 radical (unpaired) electrons. The van der Waals surface area contributed by atoms with Gasteiger partial charge < -0.3 is 5.32 Å². The molecular weight excluding hydrogens is 405 g/mol. The van der Waals surface area contributed by atoms with Crippen LogP contribution in [-0.2, 0) is 4.79 Å². The van der Waals surface area contributed by atoms with E-state index in [-0.39, 0.29) is 11.6 Å². The molecule has 0 aliphatic carbocycles. The summed E-state index contributed by atoms with van der Waals surface area (Å²) < 4.78 is 17.3. The highest BCUT2D eigenvalue weighted by Crippen LogP contribution is 2.30. The van der Waals surface area contributed by atoms with Gasteiger partial charge in [0.15, 0.2) is 5.69 Å². The fourth-order valence-corrected chi connectivity index (χ4v) is 3.24. The molecular formula is C21H22FN5O2S. The number of benzene rings is 1. The number of anilines is 1. The zero-order chi connectivity index (χ0) is 21.7. The first-order chi connectivity index (χ1) is 14.3. The molecule has 9 heteroatoms. The summed E-state index contributed by atoms with van der Waals surface area (Å²) in [6.45, 7) is 5.77. The van der Waals surface area contributed by atoms with E-state index in [1.807, 2.05) is 20.8 Å². The number of amides is 2. The van der Waals surface area contributed by atoms with Crippen molar-refractivity contribution in [3.05, 3.63) is 71.2 Å². The maximum absolute atomic E-state index is 13.6. The van der Waals surface area contributed by atoms with Crippen molar-refractivity contribution in [3.8, 4) is 0 Å². The Morgan fingerprint density at radius 1 is 1.23 bits per heavy atom. The average Bonchev–Trinajstić information content (AvgIpc) is 3.27. The minimum atomic E-state index is -1.04. The number of nitrogens with one attached hydrogen (secondary N) is 1. The van der Waals surface area contributed by atoms with Crippen LogP contribution in [0.3, 0.4) is 0 Å². The first-order valence-corrected chi connectivity index (χ1v) is 10.2. The van der Waals surface area contributed by atoms with Gasteiger partial charge in [-0.15, -0.1) is 5.10 Å². The van der Waals surface area contributed by atoms with E-state index in [4.69, 9.17) is 0 Å². The third kappa shape index (κ3) is 4.85. The molecule has 0 fully saturated rings. The lowest BCUT2D eigenvalue weighted by molar-refractivity contribution is -0.124. The summed E-state index contributed by atoms with van der Waals surface area (Å²) in [7, 11) is 0. The molecule has 2 heterocycles. The average molecular weight is 428 g/mol. The zero-order valence-corrected chi connectivity index (χ0v) is 17.7. The van der Waals surface area contributed by atoms with Crippen LogP contribution < -0.4 is 10.2 Å². The molecule has 0 bridgehead atoms. The molecule has 3 aromatic rings. The smallest absolute Gasteiger partial charge is 0.280 e. The molecule has 0 unspecified atom stereocenters. The molecule has 0 aliphatic rings. The van der Waals surface area contributed by atoms with Crippen LogP contribution in [0.4, 0.5) is 10.1 Å². The van der Waals surface area contributed by atoms with Crippen molar-refractivity contribution < 1.29 is 14.0 Å². The Balaban J connectivity index is 2.14. The number of pyridine rings is 1. The second-order valence-electron chi connectivity index (χ2n) is 7.36. The van der Waals surface area contributed by atoms with Gasteiger partial charge in [0.05, 0.1) is 0 Å². The summed E-state index contributed by atoms with van der Waals surface area (Å²) >= 11 is 1.03. The Labute approximate surface area is 178 Å². The van der Waals surface area contributed by atoms with E-state index in [1.54, 1.807) is 18.3 Å². The number of aromatic nitrogens is 3. The third-order valence-corrected chi connectivity index (χ3v) is 5.26. The summed E-state index contributed by atoms with van der Waals surface area (Å²) in [4.78, 5) is 32.2. The van der Waals surface area contributed by atoms with Crippen molar-refractivity contribution in [2.75, 3.05) is 4.90 Å². The van der Waals surface area contributed by atoms with Gasteiger partial charge in [-0.3, -0.25) is 19.5 Å². The summed E-state index contributed by atoms with van der Waals surface area (Å²) in [5.41, 5.74) is 0.480. The van der Waals surface area contributed by atoms with Gasteiger partial charge in [0.1, 0.15) is 11.9 Å². The normalized spacial score (nSPS) is 12.3. The largest absolute Gasteiger partial charge is 0.349 e. The lowest BCUT2D eigenvalue weighted by atomic mass is 9.99. The fourth-order valence-electron chi connectivity index (χ4n) is 2.81. The Bertz CT molecular complexity index is 994. The standard InChI is InChI=1S/C21H22FN5O2S/c1-4-21(2,3)24-19(28)18(14-6-5-11-23-12-14)27(16-9-7-15(22)8-10-16)20(29)17-13-30-26-25-17/h5-13,18H,4H2,1-3H3,(H,24,28)/t18-/m1/s1. The Morgan fingerprint density at radius 3 is 2.53 bits per heavy atom. The predicted molar refractivity (Wildman–Crippen MR) is 113 cm³/mol. The van der Waals surface area contributed by atoms with Crippen LogP contribution in [-0.4, -0.2) is 31.9 Å². The maximum atomic E-state index is 13.6. The molecule has 0 aliphatic heterocycles. The van der Waals surface area contributed by atoms with Gasteiger partial charge in [0.25, 0.3) is 5.91 Å². The summed E-state index contributed by atoms with van der Waals surface area (Å²) in [5.74, 6) is -1.35. The number of carbonyl (C=O) groups is 2. The number of rotatable bonds is 7. The van der Waals surface area contributed by atoms with Gasteiger partial charge in [-0.2, -0.15) is 0 Å². The van der Waals surface area contributed by atoms with Crippen molar-refractivity contribution in [2.24, 2.45) is 0 Å². The highest BCUT2D eigenvalue weighted by atomic mass is 32.1. The van der Waals surface area contributed by atoms with Crippen LogP contribution in [0, 0.1) is 5.82 Å². The topological polar surface area (TPSA) is 88.1 Å². The van der Waals surface area contributed by atoms with Gasteiger partial charge in [-0.25, -0.2) is 4.39 Å².